The van der Waals surface area contributed by atoms with Crippen LogP contribution in [0.3, 0.4) is 0 Å². The number of nitrogens with zero attached hydrogens (tertiary/aromatic N) is 2. The number of hydrogen-bond donors (Lipinski definition) is 2. The molecule has 0 saturated carbocycles. The van der Waals surface area contributed by atoms with Crippen LogP contribution in [0.5, 0.6) is 5.75 Å². The van der Waals surface area contributed by atoms with Crippen molar-refractivity contribution < 1.29 is 33.2 Å². The van der Waals surface area contributed by atoms with Gasteiger partial charge in [0.1, 0.15) is 12.4 Å². The molecule has 5 rings (SSSR count). The van der Waals surface area contributed by atoms with Gasteiger partial charge < -0.3 is 29.7 Å². The lowest BCUT2D eigenvalue weighted by molar-refractivity contribution is -0.727. The summed E-state index contributed by atoms with van der Waals surface area (Å²) in [6, 6.07) is 29.1. The Morgan fingerprint density at radius 2 is 1.70 bits per heavy atom. The molecule has 3 amide bonds. The molecule has 0 aliphatic carbocycles. The van der Waals surface area contributed by atoms with E-state index in [4.69, 9.17) is 14.2 Å². The van der Waals surface area contributed by atoms with Gasteiger partial charge in [0.2, 0.25) is 0 Å². The molecule has 0 radical (unpaired) electrons. The Bertz CT molecular complexity index is 1610. The van der Waals surface area contributed by atoms with E-state index in [0.717, 1.165) is 30.6 Å². The smallest absolute Gasteiger partial charge is 0.414 e. The Balaban J connectivity index is 1.03. The fraction of sp³-hybridized carbons (Fsp3) is 0.278. The summed E-state index contributed by atoms with van der Waals surface area (Å²) in [5.41, 5.74) is 5.09. The predicted octanol–water partition coefficient (Wildman–Crippen LogP) is 5.71. The number of likely N-dealkylation sites (tertiary alicyclic amines) is 1. The van der Waals surface area contributed by atoms with E-state index in [1.165, 1.54) is 23.6 Å². The molecule has 10 heteroatoms. The van der Waals surface area contributed by atoms with Crippen molar-refractivity contribution in [2.24, 2.45) is 0 Å². The van der Waals surface area contributed by atoms with Gasteiger partial charge in [-0.1, -0.05) is 54.6 Å². The number of benzene rings is 3. The van der Waals surface area contributed by atoms with E-state index in [2.05, 4.69) is 34.9 Å². The number of anilines is 1. The van der Waals surface area contributed by atoms with Gasteiger partial charge in [0, 0.05) is 37.2 Å². The minimum absolute atomic E-state index is 0.0175. The van der Waals surface area contributed by atoms with Gasteiger partial charge in [-0.3, -0.25) is 4.79 Å². The first kappa shape index (κ1) is 32.0. The van der Waals surface area contributed by atoms with Crippen LogP contribution in [-0.4, -0.2) is 48.8 Å². The number of aromatic nitrogens is 1. The molecule has 1 aromatic heterocycles. The number of rotatable bonds is 12. The molecule has 46 heavy (non-hydrogen) atoms. The molecule has 0 unspecified atom stereocenters. The third-order valence-corrected chi connectivity index (χ3v) is 7.65. The maximum Gasteiger partial charge on any atom is 0.414 e. The van der Waals surface area contributed by atoms with Gasteiger partial charge in [0.05, 0.1) is 19.2 Å². The summed E-state index contributed by atoms with van der Waals surface area (Å²) >= 11 is 0. The zero-order chi connectivity index (χ0) is 32.1. The number of amides is 3. The number of ether oxygens (including phenoxy) is 3. The molecule has 1 fully saturated rings. The van der Waals surface area contributed by atoms with E-state index >= 15 is 0 Å². The molecule has 238 valence electrons. The van der Waals surface area contributed by atoms with Gasteiger partial charge in [0.15, 0.2) is 12.4 Å². The summed E-state index contributed by atoms with van der Waals surface area (Å²) in [5, 5.41) is 5.68. The maximum absolute atomic E-state index is 12.6. The predicted molar refractivity (Wildman–Crippen MR) is 173 cm³/mol. The first-order valence-corrected chi connectivity index (χ1v) is 15.4. The second kappa shape index (κ2) is 16.1. The number of carbonyl (C=O) groups is 3. The molecule has 1 aliphatic heterocycles. The Kier molecular flexibility index (Phi) is 11.2. The fourth-order valence-corrected chi connectivity index (χ4v) is 5.35. The van der Waals surface area contributed by atoms with Crippen molar-refractivity contribution in [1.82, 2.24) is 10.2 Å². The number of esters is 1. The molecule has 0 spiro atoms. The van der Waals surface area contributed by atoms with Crippen LogP contribution in [-0.2, 0) is 34.0 Å². The maximum atomic E-state index is 12.6. The lowest BCUT2D eigenvalue weighted by atomic mass is 9.98. The van der Waals surface area contributed by atoms with Gasteiger partial charge in [-0.15, -0.1) is 0 Å². The molecule has 1 saturated heterocycles. The van der Waals surface area contributed by atoms with Crippen LogP contribution < -0.4 is 19.9 Å². The molecule has 1 atom stereocenters. The highest BCUT2D eigenvalue weighted by Crippen LogP contribution is 2.24. The van der Waals surface area contributed by atoms with Crippen LogP contribution in [0, 0.1) is 0 Å². The van der Waals surface area contributed by atoms with E-state index < -0.39 is 6.09 Å². The standard InChI is InChI=1S/C36H38N4O6/c1-27(41)45-25-32-13-8-21-40(32)36(43)46-26-39-20-7-9-28(24-39)23-37-35(42)38-31-15-17-33(18-16-31)44-22-19-30-12-5-6-14-34(30)29-10-3-2-4-11-29/h2-7,9-12,14-18,20,24,32H,8,13,19,21-23,25-26H2,1H3,(H-,37,38,42)/p+1/t32-/m0/s1. The Labute approximate surface area is 268 Å². The highest BCUT2D eigenvalue weighted by Gasteiger charge is 2.31. The van der Waals surface area contributed by atoms with Gasteiger partial charge in [-0.05, 0) is 59.9 Å². The van der Waals surface area contributed by atoms with Gasteiger partial charge >= 0.3 is 18.1 Å². The van der Waals surface area contributed by atoms with Crippen molar-refractivity contribution in [2.45, 2.75) is 45.5 Å². The third kappa shape index (κ3) is 9.31. The van der Waals surface area contributed by atoms with E-state index in [-0.39, 0.29) is 37.9 Å². The number of pyridine rings is 1. The molecule has 0 bridgehead atoms. The second-order valence-corrected chi connectivity index (χ2v) is 11.0. The van der Waals surface area contributed by atoms with E-state index in [0.29, 0.717) is 18.8 Å². The Morgan fingerprint density at radius 3 is 2.50 bits per heavy atom. The topological polar surface area (TPSA) is 110 Å². The first-order chi connectivity index (χ1) is 22.4. The molecule has 1 aliphatic rings. The molecule has 2 N–H and O–H groups in total. The van der Waals surface area contributed by atoms with Crippen LogP contribution in [0.25, 0.3) is 11.1 Å². The lowest BCUT2D eigenvalue weighted by Gasteiger charge is -2.22. The number of hydrogen-bond acceptors (Lipinski definition) is 6. The Hall–Kier alpha value is -5.38. The van der Waals surface area contributed by atoms with Crippen LogP contribution in [0.1, 0.15) is 30.9 Å². The van der Waals surface area contributed by atoms with Crippen LogP contribution >= 0.6 is 0 Å². The fourth-order valence-electron chi connectivity index (χ4n) is 5.35. The highest BCUT2D eigenvalue weighted by atomic mass is 16.6. The van der Waals surface area contributed by atoms with Crippen LogP contribution in [0.2, 0.25) is 0 Å². The third-order valence-electron chi connectivity index (χ3n) is 7.65. The number of urea groups is 1. The molecule has 10 nitrogen and oxygen atoms in total. The highest BCUT2D eigenvalue weighted by molar-refractivity contribution is 5.89. The SMILES string of the molecule is CC(=O)OC[C@@H]1CCCN1C(=O)OC[n+]1cccc(CNC(=O)Nc2ccc(OCCc3ccccc3-c3ccccc3)cc2)c1. The van der Waals surface area contributed by atoms with Crippen molar-refractivity contribution in [1.29, 1.82) is 0 Å². The summed E-state index contributed by atoms with van der Waals surface area (Å²) in [7, 11) is 0. The van der Waals surface area contributed by atoms with E-state index in [9.17, 15) is 14.4 Å². The monoisotopic (exact) mass is 623 g/mol. The first-order valence-electron chi connectivity index (χ1n) is 15.4. The summed E-state index contributed by atoms with van der Waals surface area (Å²) < 4.78 is 18.3. The molecular weight excluding hydrogens is 584 g/mol. The molecule has 3 aromatic carbocycles. The molecular formula is C36H39N4O6+. The van der Waals surface area contributed by atoms with Gasteiger partial charge in [-0.2, -0.15) is 4.57 Å². The lowest BCUT2D eigenvalue weighted by Crippen LogP contribution is -2.43. The van der Waals surface area contributed by atoms with E-state index in [1.54, 1.807) is 34.0 Å². The minimum atomic E-state index is -0.449. The molecule has 2 heterocycles. The van der Waals surface area contributed by atoms with Crippen molar-refractivity contribution >= 4 is 23.8 Å². The van der Waals surface area contributed by atoms with Crippen LogP contribution in [0.15, 0.2) is 103 Å². The van der Waals surface area contributed by atoms with Gasteiger partial charge in [-0.25, -0.2) is 9.59 Å². The summed E-state index contributed by atoms with van der Waals surface area (Å²) in [5.74, 6) is 0.355. The van der Waals surface area contributed by atoms with Gasteiger partial charge in [0.25, 0.3) is 6.73 Å². The normalized spacial score (nSPS) is 13.9. The summed E-state index contributed by atoms with van der Waals surface area (Å²) in [6.45, 7) is 2.91. The van der Waals surface area contributed by atoms with E-state index in [1.807, 2.05) is 54.6 Å². The second-order valence-electron chi connectivity index (χ2n) is 11.0. The summed E-state index contributed by atoms with van der Waals surface area (Å²) in [6.07, 6.45) is 5.50. The average Bonchev–Trinajstić information content (AvgIpc) is 3.56. The van der Waals surface area contributed by atoms with Crippen molar-refractivity contribution in [3.05, 3.63) is 115 Å². The van der Waals surface area contributed by atoms with Crippen LogP contribution in [0.4, 0.5) is 15.3 Å². The number of carbonyl (C=O) groups excluding carboxylic acids is 3. The Morgan fingerprint density at radius 1 is 0.913 bits per heavy atom. The average molecular weight is 624 g/mol. The zero-order valence-electron chi connectivity index (χ0n) is 25.9. The quantitative estimate of drug-likeness (QED) is 0.155. The largest absolute Gasteiger partial charge is 0.493 e. The molecule has 4 aromatic rings. The minimum Gasteiger partial charge on any atom is -0.493 e. The summed E-state index contributed by atoms with van der Waals surface area (Å²) in [4.78, 5) is 37.9. The van der Waals surface area contributed by atoms with Crippen molar-refractivity contribution in [3.63, 3.8) is 0 Å². The zero-order valence-corrected chi connectivity index (χ0v) is 25.9. The number of nitrogens with one attached hydrogen (secondary N) is 2. The van der Waals surface area contributed by atoms with Crippen molar-refractivity contribution in [2.75, 3.05) is 25.1 Å². The van der Waals surface area contributed by atoms with Crippen molar-refractivity contribution in [3.8, 4) is 16.9 Å².